The maximum absolute atomic E-state index is 12.8. The van der Waals surface area contributed by atoms with Crippen LogP contribution in [0, 0.1) is 0 Å². The van der Waals surface area contributed by atoms with Gasteiger partial charge in [-0.1, -0.05) is 36.4 Å². The van der Waals surface area contributed by atoms with Crippen molar-refractivity contribution >= 4 is 11.9 Å². The molecule has 0 bridgehead atoms. The van der Waals surface area contributed by atoms with Gasteiger partial charge in [-0.25, -0.2) is 0 Å². The van der Waals surface area contributed by atoms with Gasteiger partial charge in [0.25, 0.3) is 0 Å². The van der Waals surface area contributed by atoms with Gasteiger partial charge in [0.2, 0.25) is 0 Å². The maximum atomic E-state index is 12.8. The minimum atomic E-state index is -0.522. The van der Waals surface area contributed by atoms with Crippen molar-refractivity contribution in [2.75, 3.05) is 7.11 Å². The number of benzene rings is 3. The Labute approximate surface area is 167 Å². The maximum Gasteiger partial charge on any atom is 0.193 e. The Hall–Kier alpha value is -3.93. The Morgan fingerprint density at radius 1 is 0.966 bits per heavy atom. The first-order valence-electron chi connectivity index (χ1n) is 8.80. The molecule has 0 atom stereocenters. The fraction of sp³-hybridized carbons (Fsp3) is 0.0870. The van der Waals surface area contributed by atoms with Gasteiger partial charge < -0.3 is 25.2 Å². The monoisotopic (exact) mass is 392 g/mol. The highest BCUT2D eigenvalue weighted by Crippen LogP contribution is 2.40. The lowest BCUT2D eigenvalue weighted by atomic mass is 9.96. The zero-order chi connectivity index (χ0) is 21.0. The van der Waals surface area contributed by atoms with Gasteiger partial charge in [0.05, 0.1) is 7.11 Å². The van der Waals surface area contributed by atoms with E-state index in [0.717, 1.165) is 0 Å². The molecule has 0 aliphatic heterocycles. The highest BCUT2D eigenvalue weighted by molar-refractivity contribution is 6.11. The van der Waals surface area contributed by atoms with Crippen LogP contribution in [0.25, 0.3) is 6.08 Å². The van der Waals surface area contributed by atoms with Crippen molar-refractivity contribution in [3.05, 3.63) is 82.9 Å². The highest BCUT2D eigenvalue weighted by Gasteiger charge is 2.23. The summed E-state index contributed by atoms with van der Waals surface area (Å²) in [5, 5.41) is 40.4. The highest BCUT2D eigenvalue weighted by atomic mass is 16.5. The fourth-order valence-electron chi connectivity index (χ4n) is 2.94. The van der Waals surface area contributed by atoms with Crippen LogP contribution in [0.15, 0.2) is 60.7 Å². The molecule has 0 unspecified atom stereocenters. The predicted molar refractivity (Wildman–Crippen MR) is 109 cm³/mol. The van der Waals surface area contributed by atoms with Crippen LogP contribution in [-0.2, 0) is 6.42 Å². The molecule has 6 nitrogen and oxygen atoms in total. The number of ether oxygens (including phenoxy) is 1. The van der Waals surface area contributed by atoms with Crippen molar-refractivity contribution in [2.45, 2.75) is 6.42 Å². The summed E-state index contributed by atoms with van der Waals surface area (Å²) in [6.45, 7) is 0. The van der Waals surface area contributed by atoms with E-state index in [1.165, 1.54) is 43.5 Å². The molecule has 4 N–H and O–H groups in total. The molecule has 0 spiro atoms. The number of methoxy groups -OCH3 is 1. The van der Waals surface area contributed by atoms with E-state index in [-0.39, 0.29) is 40.5 Å². The van der Waals surface area contributed by atoms with Gasteiger partial charge >= 0.3 is 0 Å². The summed E-state index contributed by atoms with van der Waals surface area (Å²) < 4.78 is 5.17. The summed E-state index contributed by atoms with van der Waals surface area (Å²) in [5.74, 6) is -1.03. The first-order chi connectivity index (χ1) is 13.9. The minimum absolute atomic E-state index is 0.0159. The van der Waals surface area contributed by atoms with Gasteiger partial charge in [-0.3, -0.25) is 4.79 Å². The van der Waals surface area contributed by atoms with E-state index < -0.39 is 11.5 Å². The molecule has 3 aromatic rings. The largest absolute Gasteiger partial charge is 0.508 e. The van der Waals surface area contributed by atoms with E-state index in [1.54, 1.807) is 30.3 Å². The number of carbonyl (C=O) groups is 1. The number of phenolic OH excluding ortho intramolecular Hbond substituents is 4. The van der Waals surface area contributed by atoms with Crippen LogP contribution in [0.4, 0.5) is 0 Å². The predicted octanol–water partition coefficient (Wildman–Crippen LogP) is 4.00. The topological polar surface area (TPSA) is 107 Å². The second kappa shape index (κ2) is 8.39. The molecule has 0 heterocycles. The number of allylic oxidation sites excluding steroid dienone is 1. The Morgan fingerprint density at radius 2 is 1.66 bits per heavy atom. The average molecular weight is 392 g/mol. The molecule has 0 aliphatic carbocycles. The molecule has 148 valence electrons. The van der Waals surface area contributed by atoms with Gasteiger partial charge in [0, 0.05) is 18.1 Å². The van der Waals surface area contributed by atoms with Crippen LogP contribution in [-0.4, -0.2) is 33.3 Å². The van der Waals surface area contributed by atoms with Crippen molar-refractivity contribution in [3.8, 4) is 28.7 Å². The van der Waals surface area contributed by atoms with Crippen molar-refractivity contribution in [1.29, 1.82) is 0 Å². The van der Waals surface area contributed by atoms with Gasteiger partial charge in [-0.2, -0.15) is 0 Å². The van der Waals surface area contributed by atoms with E-state index in [9.17, 15) is 25.2 Å². The molecule has 0 saturated heterocycles. The quantitative estimate of drug-likeness (QED) is 0.373. The lowest BCUT2D eigenvalue weighted by Gasteiger charge is -2.15. The molecule has 0 aromatic heterocycles. The van der Waals surface area contributed by atoms with Gasteiger partial charge in [0.15, 0.2) is 5.78 Å². The summed E-state index contributed by atoms with van der Waals surface area (Å²) >= 11 is 0. The van der Waals surface area contributed by atoms with E-state index in [2.05, 4.69) is 0 Å². The van der Waals surface area contributed by atoms with Crippen molar-refractivity contribution in [1.82, 2.24) is 0 Å². The number of ketones is 1. The molecular weight excluding hydrogens is 372 g/mol. The third kappa shape index (κ3) is 4.32. The molecule has 6 heteroatoms. The minimum Gasteiger partial charge on any atom is -0.508 e. The van der Waals surface area contributed by atoms with Crippen LogP contribution in [0.2, 0.25) is 0 Å². The fourth-order valence-corrected chi connectivity index (χ4v) is 2.94. The van der Waals surface area contributed by atoms with Crippen molar-refractivity contribution in [2.24, 2.45) is 0 Å². The van der Waals surface area contributed by atoms with Crippen LogP contribution >= 0.6 is 0 Å². The zero-order valence-electron chi connectivity index (χ0n) is 15.7. The average Bonchev–Trinajstić information content (AvgIpc) is 2.71. The summed E-state index contributed by atoms with van der Waals surface area (Å²) in [7, 11) is 1.33. The van der Waals surface area contributed by atoms with Crippen LogP contribution in [0.1, 0.15) is 27.0 Å². The standard InChI is InChI=1S/C23H20O6/c1-29-21-13-20(27)17(12-15-4-2-3-5-18(15)25)23(28)22(21)19(26)11-8-14-6-9-16(24)10-7-14/h2-11,13,24-25,27-28H,12H2,1H3/b11-8+. The Bertz CT molecular complexity index is 1070. The number of aromatic hydroxyl groups is 4. The molecule has 3 rings (SSSR count). The number of phenols is 4. The molecule has 0 amide bonds. The van der Waals surface area contributed by atoms with Gasteiger partial charge in [-0.05, 0) is 35.4 Å². The summed E-state index contributed by atoms with van der Waals surface area (Å²) in [5.41, 5.74) is 1.18. The Kier molecular flexibility index (Phi) is 5.74. The second-order valence-electron chi connectivity index (χ2n) is 6.39. The van der Waals surface area contributed by atoms with Crippen molar-refractivity contribution < 1.29 is 30.0 Å². The number of hydrogen-bond acceptors (Lipinski definition) is 6. The number of carbonyl (C=O) groups excluding carboxylic acids is 1. The SMILES string of the molecule is COc1cc(O)c(Cc2ccccc2O)c(O)c1C(=O)/C=C/c1ccc(O)cc1. The third-order valence-corrected chi connectivity index (χ3v) is 4.49. The molecule has 0 fully saturated rings. The summed E-state index contributed by atoms with van der Waals surface area (Å²) in [4.78, 5) is 12.8. The molecule has 3 aromatic carbocycles. The van der Waals surface area contributed by atoms with Crippen LogP contribution < -0.4 is 4.74 Å². The number of hydrogen-bond donors (Lipinski definition) is 4. The lowest BCUT2D eigenvalue weighted by Crippen LogP contribution is -2.03. The molecule has 0 aliphatic rings. The molecule has 29 heavy (non-hydrogen) atoms. The second-order valence-corrected chi connectivity index (χ2v) is 6.39. The Balaban J connectivity index is 1.99. The van der Waals surface area contributed by atoms with Gasteiger partial charge in [-0.15, -0.1) is 0 Å². The molecular formula is C23H20O6. The van der Waals surface area contributed by atoms with Crippen LogP contribution in [0.3, 0.4) is 0 Å². The third-order valence-electron chi connectivity index (χ3n) is 4.49. The molecule has 0 saturated carbocycles. The van der Waals surface area contributed by atoms with Gasteiger partial charge in [0.1, 0.15) is 34.3 Å². The Morgan fingerprint density at radius 3 is 2.31 bits per heavy atom. The van der Waals surface area contributed by atoms with E-state index in [1.807, 2.05) is 0 Å². The number of rotatable bonds is 6. The lowest BCUT2D eigenvalue weighted by molar-refractivity contribution is 0.104. The van der Waals surface area contributed by atoms with E-state index in [4.69, 9.17) is 4.74 Å². The smallest absolute Gasteiger partial charge is 0.193 e. The molecule has 0 radical (unpaired) electrons. The zero-order valence-corrected chi connectivity index (χ0v) is 15.7. The van der Waals surface area contributed by atoms with E-state index >= 15 is 0 Å². The number of para-hydroxylation sites is 1. The van der Waals surface area contributed by atoms with E-state index in [0.29, 0.717) is 11.1 Å². The summed E-state index contributed by atoms with van der Waals surface area (Å²) in [6.07, 6.45) is 2.83. The normalized spacial score (nSPS) is 10.9. The van der Waals surface area contributed by atoms with Crippen molar-refractivity contribution in [3.63, 3.8) is 0 Å². The first kappa shape index (κ1) is 19.8. The first-order valence-corrected chi connectivity index (χ1v) is 8.80. The summed E-state index contributed by atoms with van der Waals surface area (Å²) in [6, 6.07) is 14.1. The van der Waals surface area contributed by atoms with Crippen LogP contribution in [0.5, 0.6) is 28.7 Å².